The van der Waals surface area contributed by atoms with Crippen molar-refractivity contribution in [2.75, 3.05) is 13.1 Å². The molecule has 0 bridgehead atoms. The third kappa shape index (κ3) is 3.98. The molecule has 120 valence electrons. The Labute approximate surface area is 127 Å². The molecule has 21 heavy (non-hydrogen) atoms. The lowest BCUT2D eigenvalue weighted by molar-refractivity contribution is -0.149. The Bertz CT molecular complexity index is 418. The minimum absolute atomic E-state index is 0.0727. The molecule has 1 N–H and O–H groups in total. The molecule has 2 rings (SSSR count). The predicted molar refractivity (Wildman–Crippen MR) is 81.8 cm³/mol. The van der Waals surface area contributed by atoms with Gasteiger partial charge in [0.05, 0.1) is 5.92 Å². The molecule has 4 atom stereocenters. The number of carboxylic acids is 1. The molecule has 1 aliphatic carbocycles. The monoisotopic (exact) mass is 295 g/mol. The van der Waals surface area contributed by atoms with E-state index in [1.54, 1.807) is 0 Å². The van der Waals surface area contributed by atoms with Crippen molar-refractivity contribution in [1.29, 1.82) is 0 Å². The summed E-state index contributed by atoms with van der Waals surface area (Å²) in [5, 5.41) is 9.25. The smallest absolute Gasteiger partial charge is 0.308 e. The summed E-state index contributed by atoms with van der Waals surface area (Å²) in [6, 6.07) is 0. The molecule has 0 aromatic heterocycles. The first kappa shape index (κ1) is 16.3. The maximum absolute atomic E-state index is 12.8. The second-order valence-corrected chi connectivity index (χ2v) is 8.23. The number of likely N-dealkylation sites (tertiary alicyclic amines) is 1. The van der Waals surface area contributed by atoms with Crippen LogP contribution in [0.25, 0.3) is 0 Å². The Morgan fingerprint density at radius 2 is 1.62 bits per heavy atom. The van der Waals surface area contributed by atoms with Crippen LogP contribution < -0.4 is 0 Å². The summed E-state index contributed by atoms with van der Waals surface area (Å²) in [7, 11) is 0. The van der Waals surface area contributed by atoms with E-state index in [0.29, 0.717) is 25.4 Å². The van der Waals surface area contributed by atoms with Crippen LogP contribution >= 0.6 is 0 Å². The Morgan fingerprint density at radius 3 is 2.19 bits per heavy atom. The van der Waals surface area contributed by atoms with Gasteiger partial charge in [-0.2, -0.15) is 0 Å². The highest BCUT2D eigenvalue weighted by Gasteiger charge is 2.39. The second-order valence-electron chi connectivity index (χ2n) is 8.23. The Hall–Kier alpha value is -1.06. The highest BCUT2D eigenvalue weighted by atomic mass is 16.4. The molecule has 0 aromatic rings. The molecule has 0 spiro atoms. The SMILES string of the molecule is CC1CC(C(=O)O)CN(C(=O)C2CC(C)CC(C)(C)C2)C1. The molecular weight excluding hydrogens is 266 g/mol. The van der Waals surface area contributed by atoms with Crippen LogP contribution in [0.4, 0.5) is 0 Å². The molecule has 1 saturated heterocycles. The van der Waals surface area contributed by atoms with E-state index < -0.39 is 11.9 Å². The first-order valence-electron chi connectivity index (χ1n) is 8.19. The summed E-state index contributed by atoms with van der Waals surface area (Å²) in [5.74, 6) is -0.0580. The van der Waals surface area contributed by atoms with Crippen LogP contribution in [0.2, 0.25) is 0 Å². The fraction of sp³-hybridized carbons (Fsp3) is 0.882. The van der Waals surface area contributed by atoms with Gasteiger partial charge in [0, 0.05) is 19.0 Å². The number of carbonyl (C=O) groups excluding carboxylic acids is 1. The molecule has 0 radical (unpaired) electrons. The van der Waals surface area contributed by atoms with Crippen molar-refractivity contribution in [2.45, 2.75) is 53.4 Å². The largest absolute Gasteiger partial charge is 0.481 e. The quantitative estimate of drug-likeness (QED) is 0.852. The maximum atomic E-state index is 12.8. The molecule has 0 aromatic carbocycles. The van der Waals surface area contributed by atoms with Crippen molar-refractivity contribution in [3.05, 3.63) is 0 Å². The lowest BCUT2D eigenvalue weighted by atomic mass is 9.67. The van der Waals surface area contributed by atoms with Crippen LogP contribution in [0.3, 0.4) is 0 Å². The fourth-order valence-electron chi connectivity index (χ4n) is 4.50. The first-order chi connectivity index (χ1) is 9.68. The van der Waals surface area contributed by atoms with E-state index in [2.05, 4.69) is 20.8 Å². The predicted octanol–water partition coefficient (Wildman–Crippen LogP) is 3.02. The van der Waals surface area contributed by atoms with E-state index in [-0.39, 0.29) is 23.2 Å². The third-order valence-corrected chi connectivity index (χ3v) is 5.06. The second kappa shape index (κ2) is 5.98. The molecule has 4 heteroatoms. The maximum Gasteiger partial charge on any atom is 0.308 e. The van der Waals surface area contributed by atoms with Crippen LogP contribution in [0.15, 0.2) is 0 Å². The molecule has 1 aliphatic heterocycles. The molecular formula is C17H29NO3. The Balaban J connectivity index is 2.06. The van der Waals surface area contributed by atoms with Crippen molar-refractivity contribution in [3.63, 3.8) is 0 Å². The molecule has 2 fully saturated rings. The number of carbonyl (C=O) groups is 2. The average molecular weight is 295 g/mol. The summed E-state index contributed by atoms with van der Waals surface area (Å²) in [6.07, 6.45) is 3.74. The van der Waals surface area contributed by atoms with Crippen molar-refractivity contribution in [3.8, 4) is 0 Å². The zero-order chi connectivity index (χ0) is 15.8. The number of nitrogens with zero attached hydrogens (tertiary/aromatic N) is 1. The lowest BCUT2D eigenvalue weighted by Gasteiger charge is -2.42. The van der Waals surface area contributed by atoms with Gasteiger partial charge in [0.2, 0.25) is 5.91 Å². The van der Waals surface area contributed by atoms with Gasteiger partial charge in [-0.05, 0) is 42.9 Å². The van der Waals surface area contributed by atoms with Crippen LogP contribution in [0.5, 0.6) is 0 Å². The summed E-state index contributed by atoms with van der Waals surface area (Å²) in [5.41, 5.74) is 0.214. The van der Waals surface area contributed by atoms with Crippen LogP contribution in [-0.2, 0) is 9.59 Å². The topological polar surface area (TPSA) is 57.6 Å². The van der Waals surface area contributed by atoms with Gasteiger partial charge >= 0.3 is 5.97 Å². The lowest BCUT2D eigenvalue weighted by Crippen LogP contribution is -2.49. The van der Waals surface area contributed by atoms with Gasteiger partial charge < -0.3 is 10.0 Å². The highest BCUT2D eigenvalue weighted by Crippen LogP contribution is 2.42. The fourth-order valence-corrected chi connectivity index (χ4v) is 4.50. The third-order valence-electron chi connectivity index (χ3n) is 5.06. The molecule has 2 aliphatic rings. The normalized spacial score (nSPS) is 36.3. The molecule has 1 saturated carbocycles. The zero-order valence-electron chi connectivity index (χ0n) is 13.8. The van der Waals surface area contributed by atoms with Crippen molar-refractivity contribution >= 4 is 11.9 Å². The van der Waals surface area contributed by atoms with Gasteiger partial charge in [0.15, 0.2) is 0 Å². The van der Waals surface area contributed by atoms with Crippen LogP contribution in [0.1, 0.15) is 53.4 Å². The van der Waals surface area contributed by atoms with Gasteiger partial charge in [0.1, 0.15) is 0 Å². The van der Waals surface area contributed by atoms with Gasteiger partial charge in [-0.25, -0.2) is 0 Å². The molecule has 1 heterocycles. The van der Waals surface area contributed by atoms with E-state index >= 15 is 0 Å². The zero-order valence-corrected chi connectivity index (χ0v) is 13.8. The Kier molecular flexibility index (Phi) is 4.64. The Morgan fingerprint density at radius 1 is 1.00 bits per heavy atom. The number of carboxylic acid groups (broad SMARTS) is 1. The summed E-state index contributed by atoms with van der Waals surface area (Å²) in [6.45, 7) is 9.85. The molecule has 4 nitrogen and oxygen atoms in total. The molecule has 1 amide bonds. The first-order valence-corrected chi connectivity index (χ1v) is 8.19. The van der Waals surface area contributed by atoms with E-state index in [0.717, 1.165) is 12.8 Å². The van der Waals surface area contributed by atoms with Gasteiger partial charge in [-0.1, -0.05) is 27.7 Å². The van der Waals surface area contributed by atoms with E-state index in [1.165, 1.54) is 6.42 Å². The summed E-state index contributed by atoms with van der Waals surface area (Å²) < 4.78 is 0. The standard InChI is InChI=1S/C17H29NO3/c1-11-5-13(8-17(3,4)7-11)15(19)18-9-12(2)6-14(10-18)16(20)21/h11-14H,5-10H2,1-4H3,(H,20,21). The minimum Gasteiger partial charge on any atom is -0.481 e. The van der Waals surface area contributed by atoms with Crippen molar-refractivity contribution in [1.82, 2.24) is 4.90 Å². The number of aliphatic carboxylic acids is 1. The van der Waals surface area contributed by atoms with Gasteiger partial charge in [0.25, 0.3) is 0 Å². The van der Waals surface area contributed by atoms with Gasteiger partial charge in [-0.15, -0.1) is 0 Å². The number of piperidine rings is 1. The summed E-state index contributed by atoms with van der Waals surface area (Å²) in [4.78, 5) is 25.9. The van der Waals surface area contributed by atoms with E-state index in [4.69, 9.17) is 0 Å². The number of rotatable bonds is 2. The minimum atomic E-state index is -0.767. The van der Waals surface area contributed by atoms with Crippen LogP contribution in [0, 0.1) is 29.1 Å². The number of hydrogen-bond donors (Lipinski definition) is 1. The van der Waals surface area contributed by atoms with Crippen molar-refractivity contribution < 1.29 is 14.7 Å². The highest BCUT2D eigenvalue weighted by molar-refractivity contribution is 5.80. The number of hydrogen-bond acceptors (Lipinski definition) is 2. The van der Waals surface area contributed by atoms with Crippen molar-refractivity contribution in [2.24, 2.45) is 29.1 Å². The van der Waals surface area contributed by atoms with Gasteiger partial charge in [-0.3, -0.25) is 9.59 Å². The summed E-state index contributed by atoms with van der Waals surface area (Å²) >= 11 is 0. The molecule has 4 unspecified atom stereocenters. The van der Waals surface area contributed by atoms with E-state index in [1.807, 2.05) is 11.8 Å². The van der Waals surface area contributed by atoms with Crippen LogP contribution in [-0.4, -0.2) is 35.0 Å². The average Bonchev–Trinajstić information content (AvgIpc) is 2.34. The number of amides is 1. The van der Waals surface area contributed by atoms with E-state index in [9.17, 15) is 14.7 Å².